The Labute approximate surface area is 157 Å². The van der Waals surface area contributed by atoms with Crippen molar-refractivity contribution in [3.63, 3.8) is 0 Å². The quantitative estimate of drug-likeness (QED) is 0.782. The Morgan fingerprint density at radius 1 is 1.11 bits per heavy atom. The number of hydrogen-bond donors (Lipinski definition) is 2. The molecule has 7 nitrogen and oxygen atoms in total. The summed E-state index contributed by atoms with van der Waals surface area (Å²) in [7, 11) is -0.896. The lowest BCUT2D eigenvalue weighted by atomic mass is 10.2. The molecule has 0 radical (unpaired) electrons. The van der Waals surface area contributed by atoms with Crippen LogP contribution in [0.5, 0.6) is 0 Å². The van der Waals surface area contributed by atoms with Crippen molar-refractivity contribution >= 4 is 27.5 Å². The van der Waals surface area contributed by atoms with E-state index in [-0.39, 0.29) is 22.7 Å². The maximum atomic E-state index is 13.5. The molecular weight excluding hydrogens is 373 g/mol. The molecule has 2 N–H and O–H groups in total. The van der Waals surface area contributed by atoms with E-state index in [2.05, 4.69) is 10.6 Å². The van der Waals surface area contributed by atoms with Gasteiger partial charge in [0.15, 0.2) is 0 Å². The molecule has 0 saturated heterocycles. The fourth-order valence-corrected chi connectivity index (χ4v) is 3.10. The first kappa shape index (κ1) is 20.5. The topological polar surface area (TPSA) is 95.6 Å². The molecule has 0 atom stereocenters. The van der Waals surface area contributed by atoms with Crippen molar-refractivity contribution in [2.24, 2.45) is 0 Å². The minimum atomic E-state index is -3.67. The average molecular weight is 393 g/mol. The highest BCUT2D eigenvalue weighted by Crippen LogP contribution is 2.15. The van der Waals surface area contributed by atoms with E-state index in [1.165, 1.54) is 50.5 Å². The molecule has 0 heterocycles. The number of carbonyl (C=O) groups is 2. The molecule has 2 rings (SSSR count). The maximum absolute atomic E-state index is 13.5. The number of hydrogen-bond acceptors (Lipinski definition) is 4. The van der Waals surface area contributed by atoms with Gasteiger partial charge in [0.2, 0.25) is 15.9 Å². The van der Waals surface area contributed by atoms with Gasteiger partial charge in [-0.15, -0.1) is 0 Å². The van der Waals surface area contributed by atoms with Gasteiger partial charge in [-0.3, -0.25) is 9.59 Å². The Bertz CT molecular complexity index is 974. The van der Waals surface area contributed by atoms with Crippen molar-refractivity contribution in [3.05, 3.63) is 59.4 Å². The lowest BCUT2D eigenvalue weighted by molar-refractivity contribution is -0.115. The Morgan fingerprint density at radius 2 is 1.81 bits per heavy atom. The number of anilines is 1. The third-order valence-corrected chi connectivity index (χ3v) is 5.55. The fourth-order valence-electron chi connectivity index (χ4n) is 2.15. The summed E-state index contributed by atoms with van der Waals surface area (Å²) in [6.45, 7) is 1.25. The predicted molar refractivity (Wildman–Crippen MR) is 99.4 cm³/mol. The van der Waals surface area contributed by atoms with Gasteiger partial charge in [-0.1, -0.05) is 12.1 Å². The minimum absolute atomic E-state index is 0.0280. The van der Waals surface area contributed by atoms with Crippen molar-refractivity contribution in [1.82, 2.24) is 9.62 Å². The van der Waals surface area contributed by atoms with E-state index in [0.29, 0.717) is 5.56 Å². The van der Waals surface area contributed by atoms with Gasteiger partial charge in [-0.2, -0.15) is 0 Å². The van der Waals surface area contributed by atoms with Crippen LogP contribution in [-0.4, -0.2) is 45.2 Å². The lowest BCUT2D eigenvalue weighted by Crippen LogP contribution is -2.33. The summed E-state index contributed by atoms with van der Waals surface area (Å²) < 4.78 is 38.8. The molecule has 0 aliphatic carbocycles. The summed E-state index contributed by atoms with van der Waals surface area (Å²) in [6, 6.07) is 9.76. The van der Waals surface area contributed by atoms with Gasteiger partial charge in [0.05, 0.1) is 11.4 Å². The standard InChI is InChI=1S/C18H20FN3O4S/c1-12-7-8-14(10-16(12)19)21-17(23)11-20-18(24)13-5-4-6-15(9-13)27(25,26)22(2)3/h4-10H,11H2,1-3H3,(H,20,24)(H,21,23). The van der Waals surface area contributed by atoms with E-state index < -0.39 is 27.7 Å². The highest BCUT2D eigenvalue weighted by molar-refractivity contribution is 7.89. The average Bonchev–Trinajstić information content (AvgIpc) is 2.62. The normalized spacial score (nSPS) is 11.3. The summed E-state index contributed by atoms with van der Waals surface area (Å²) in [6.07, 6.45) is 0. The van der Waals surface area contributed by atoms with Gasteiger partial charge in [-0.05, 0) is 42.8 Å². The van der Waals surface area contributed by atoms with Gasteiger partial charge in [0.25, 0.3) is 5.91 Å². The highest BCUT2D eigenvalue weighted by Gasteiger charge is 2.19. The first-order chi connectivity index (χ1) is 12.6. The van der Waals surface area contributed by atoms with Gasteiger partial charge < -0.3 is 10.6 Å². The zero-order valence-corrected chi connectivity index (χ0v) is 15.9. The largest absolute Gasteiger partial charge is 0.343 e. The number of nitrogens with one attached hydrogen (secondary N) is 2. The van der Waals surface area contributed by atoms with Gasteiger partial charge in [-0.25, -0.2) is 17.1 Å². The van der Waals surface area contributed by atoms with Crippen molar-refractivity contribution in [3.8, 4) is 0 Å². The van der Waals surface area contributed by atoms with Gasteiger partial charge in [0.1, 0.15) is 5.82 Å². The van der Waals surface area contributed by atoms with Gasteiger partial charge in [0, 0.05) is 25.3 Å². The summed E-state index contributed by atoms with van der Waals surface area (Å²) in [5.74, 6) is -1.59. The van der Waals surface area contributed by atoms with Crippen LogP contribution in [0.25, 0.3) is 0 Å². The number of benzene rings is 2. The molecule has 9 heteroatoms. The van der Waals surface area contributed by atoms with Gasteiger partial charge >= 0.3 is 0 Å². The van der Waals surface area contributed by atoms with Crippen molar-refractivity contribution in [2.75, 3.05) is 26.0 Å². The first-order valence-corrected chi connectivity index (χ1v) is 9.42. The molecule has 0 spiro atoms. The second kappa shape index (κ2) is 8.28. The molecule has 0 fully saturated rings. The Kier molecular flexibility index (Phi) is 6.29. The van der Waals surface area contributed by atoms with Crippen LogP contribution in [0, 0.1) is 12.7 Å². The third-order valence-electron chi connectivity index (χ3n) is 3.74. The summed E-state index contributed by atoms with van der Waals surface area (Å²) in [4.78, 5) is 24.1. The fraction of sp³-hybridized carbons (Fsp3) is 0.222. The van der Waals surface area contributed by atoms with Crippen LogP contribution in [0.2, 0.25) is 0 Å². The number of nitrogens with zero attached hydrogens (tertiary/aromatic N) is 1. The molecule has 2 aromatic carbocycles. The summed E-state index contributed by atoms with van der Waals surface area (Å²) >= 11 is 0. The van der Waals surface area contributed by atoms with Crippen LogP contribution in [-0.2, 0) is 14.8 Å². The zero-order chi connectivity index (χ0) is 20.2. The molecule has 144 valence electrons. The monoisotopic (exact) mass is 393 g/mol. The second-order valence-electron chi connectivity index (χ2n) is 6.01. The van der Waals surface area contributed by atoms with Crippen molar-refractivity contribution in [1.29, 1.82) is 0 Å². The molecule has 0 saturated carbocycles. The second-order valence-corrected chi connectivity index (χ2v) is 8.16. The van der Waals surface area contributed by atoms with E-state index in [1.54, 1.807) is 13.0 Å². The number of rotatable bonds is 6. The molecular formula is C18H20FN3O4S. The maximum Gasteiger partial charge on any atom is 0.251 e. The SMILES string of the molecule is Cc1ccc(NC(=O)CNC(=O)c2cccc(S(=O)(=O)N(C)C)c2)cc1F. The van der Waals surface area contributed by atoms with Crippen LogP contribution < -0.4 is 10.6 Å². The third kappa shape index (κ3) is 5.11. The molecule has 0 aromatic heterocycles. The van der Waals surface area contributed by atoms with Crippen LogP contribution in [0.1, 0.15) is 15.9 Å². The summed E-state index contributed by atoms with van der Waals surface area (Å²) in [5.41, 5.74) is 0.831. The number of aryl methyl sites for hydroxylation is 1. The van der Waals surface area contributed by atoms with E-state index in [4.69, 9.17) is 0 Å². The molecule has 0 unspecified atom stereocenters. The molecule has 2 amide bonds. The van der Waals surface area contributed by atoms with Crippen LogP contribution >= 0.6 is 0 Å². The smallest absolute Gasteiger partial charge is 0.251 e. The van der Waals surface area contributed by atoms with Crippen molar-refractivity contribution in [2.45, 2.75) is 11.8 Å². The van der Waals surface area contributed by atoms with E-state index >= 15 is 0 Å². The van der Waals surface area contributed by atoms with E-state index in [0.717, 1.165) is 4.31 Å². The molecule has 0 aliphatic rings. The lowest BCUT2D eigenvalue weighted by Gasteiger charge is -2.12. The molecule has 2 aromatic rings. The summed E-state index contributed by atoms with van der Waals surface area (Å²) in [5, 5.41) is 4.87. The number of amides is 2. The van der Waals surface area contributed by atoms with Crippen LogP contribution in [0.4, 0.5) is 10.1 Å². The highest BCUT2D eigenvalue weighted by atomic mass is 32.2. The molecule has 0 bridgehead atoms. The van der Waals surface area contributed by atoms with E-state index in [9.17, 15) is 22.4 Å². The van der Waals surface area contributed by atoms with E-state index in [1.807, 2.05) is 0 Å². The van der Waals surface area contributed by atoms with Crippen LogP contribution in [0.3, 0.4) is 0 Å². The Hall–Kier alpha value is -2.78. The Balaban J connectivity index is 2.01. The van der Waals surface area contributed by atoms with Crippen LogP contribution in [0.15, 0.2) is 47.4 Å². The number of carbonyl (C=O) groups excluding carboxylic acids is 2. The minimum Gasteiger partial charge on any atom is -0.343 e. The molecule has 0 aliphatic heterocycles. The number of halogens is 1. The van der Waals surface area contributed by atoms with Crippen molar-refractivity contribution < 1.29 is 22.4 Å². The zero-order valence-electron chi connectivity index (χ0n) is 15.1. The molecule has 27 heavy (non-hydrogen) atoms. The predicted octanol–water partition coefficient (Wildman–Crippen LogP) is 1.75. The first-order valence-electron chi connectivity index (χ1n) is 7.98. The number of sulfonamides is 1. The Morgan fingerprint density at radius 3 is 2.44 bits per heavy atom.